The van der Waals surface area contributed by atoms with Crippen LogP contribution in [0.3, 0.4) is 0 Å². The first-order valence-corrected chi connectivity index (χ1v) is 14.3. The van der Waals surface area contributed by atoms with Crippen molar-refractivity contribution in [2.75, 3.05) is 20.4 Å². The summed E-state index contributed by atoms with van der Waals surface area (Å²) in [5.74, 6) is -1.32. The Labute approximate surface area is 247 Å². The largest absolute Gasteiger partial charge is 0.497 e. The molecule has 0 radical (unpaired) electrons. The molecule has 228 valence electrons. The van der Waals surface area contributed by atoms with Crippen LogP contribution < -0.4 is 30.7 Å². The Morgan fingerprint density at radius 2 is 1.70 bits per heavy atom. The van der Waals surface area contributed by atoms with Gasteiger partial charge in [-0.25, -0.2) is 18.7 Å². The minimum absolute atomic E-state index is 0.0314. The standard InChI is InChI=1S/C28H30N4O10S/c1-39-20-8-10-21(11-9-20)43(37,38)32(15-19-7-12-23-24(13-19)42-17-41-23)25(27(34)31-36)26(33)22(29)14-30-28(35)40-16-18-5-3-2-4-6-18/h2-13,22,25,36H,14-17,29H2,1H3,(H,30,35)(H,31,34)/t22?,25-/m1/s1. The van der Waals surface area contributed by atoms with Crippen molar-refractivity contribution in [3.8, 4) is 17.2 Å². The predicted molar refractivity (Wildman–Crippen MR) is 150 cm³/mol. The zero-order chi connectivity index (χ0) is 31.0. The number of Topliss-reactive ketones (excluding diaryl/α,β-unsaturated/α-hetero) is 1. The summed E-state index contributed by atoms with van der Waals surface area (Å²) in [6.45, 7) is -1.08. The van der Waals surface area contributed by atoms with Gasteiger partial charge < -0.3 is 30.0 Å². The number of carbonyl (C=O) groups is 3. The molecule has 2 atom stereocenters. The van der Waals surface area contributed by atoms with Gasteiger partial charge in [0.2, 0.25) is 16.8 Å². The maximum atomic E-state index is 13.9. The zero-order valence-corrected chi connectivity index (χ0v) is 23.8. The second-order valence-corrected chi connectivity index (χ2v) is 11.1. The van der Waals surface area contributed by atoms with E-state index in [-0.39, 0.29) is 18.3 Å². The van der Waals surface area contributed by atoms with E-state index in [1.807, 2.05) is 0 Å². The first-order chi connectivity index (χ1) is 20.6. The van der Waals surface area contributed by atoms with Gasteiger partial charge in [0, 0.05) is 13.1 Å². The third kappa shape index (κ3) is 7.58. The van der Waals surface area contributed by atoms with E-state index >= 15 is 0 Å². The van der Waals surface area contributed by atoms with E-state index in [9.17, 15) is 28.0 Å². The summed E-state index contributed by atoms with van der Waals surface area (Å²) in [6, 6.07) is 15.0. The molecular formula is C28H30N4O10S. The number of benzene rings is 3. The van der Waals surface area contributed by atoms with Crippen molar-refractivity contribution in [2.45, 2.75) is 30.1 Å². The average molecular weight is 615 g/mol. The van der Waals surface area contributed by atoms with Gasteiger partial charge in [-0.3, -0.25) is 14.8 Å². The molecule has 0 fully saturated rings. The Kier molecular flexibility index (Phi) is 10.2. The molecule has 1 heterocycles. The second kappa shape index (κ2) is 14.0. The number of amides is 2. The van der Waals surface area contributed by atoms with Crippen molar-refractivity contribution in [1.82, 2.24) is 15.1 Å². The third-order valence-electron chi connectivity index (χ3n) is 6.40. The molecule has 5 N–H and O–H groups in total. The molecule has 3 aromatic rings. The molecule has 0 spiro atoms. The fraction of sp³-hybridized carbons (Fsp3) is 0.250. The summed E-state index contributed by atoms with van der Waals surface area (Å²) in [5, 5.41) is 11.9. The fourth-order valence-corrected chi connectivity index (χ4v) is 5.70. The lowest BCUT2D eigenvalue weighted by Gasteiger charge is -2.30. The number of sulfonamides is 1. The van der Waals surface area contributed by atoms with Gasteiger partial charge in [-0.2, -0.15) is 4.31 Å². The predicted octanol–water partition coefficient (Wildman–Crippen LogP) is 1.31. The Morgan fingerprint density at radius 1 is 1.00 bits per heavy atom. The van der Waals surface area contributed by atoms with Crippen LogP contribution in [0.5, 0.6) is 17.2 Å². The maximum Gasteiger partial charge on any atom is 0.407 e. The number of nitrogens with zero attached hydrogens (tertiary/aromatic N) is 1. The van der Waals surface area contributed by atoms with Crippen LogP contribution >= 0.6 is 0 Å². The summed E-state index contributed by atoms with van der Waals surface area (Å²) in [6.07, 6.45) is -0.890. The highest BCUT2D eigenvalue weighted by Crippen LogP contribution is 2.34. The summed E-state index contributed by atoms with van der Waals surface area (Å²) in [7, 11) is -3.19. The molecule has 2 amide bonds. The van der Waals surface area contributed by atoms with Crippen LogP contribution in [0.1, 0.15) is 11.1 Å². The Balaban J connectivity index is 1.59. The van der Waals surface area contributed by atoms with E-state index in [0.717, 1.165) is 5.56 Å². The van der Waals surface area contributed by atoms with Crippen LogP contribution in [-0.2, 0) is 37.5 Å². The number of nitrogens with two attached hydrogens (primary N) is 1. The smallest absolute Gasteiger partial charge is 0.407 e. The molecule has 0 saturated carbocycles. The number of methoxy groups -OCH3 is 1. The summed E-state index contributed by atoms with van der Waals surface area (Å²) >= 11 is 0. The van der Waals surface area contributed by atoms with Crippen LogP contribution in [0, 0.1) is 0 Å². The van der Waals surface area contributed by atoms with E-state index < -0.39 is 53.0 Å². The van der Waals surface area contributed by atoms with E-state index in [0.29, 0.717) is 27.1 Å². The Bertz CT molecular complexity index is 1550. The number of ketones is 1. The number of hydrogen-bond donors (Lipinski definition) is 4. The highest BCUT2D eigenvalue weighted by molar-refractivity contribution is 7.89. The molecule has 1 aliphatic rings. The molecule has 0 saturated heterocycles. The molecule has 0 aromatic heterocycles. The van der Waals surface area contributed by atoms with Gasteiger partial charge in [-0.15, -0.1) is 0 Å². The molecule has 3 aromatic carbocycles. The molecule has 1 aliphatic heterocycles. The highest BCUT2D eigenvalue weighted by Gasteiger charge is 2.43. The number of ether oxygens (including phenoxy) is 4. The average Bonchev–Trinajstić information content (AvgIpc) is 3.50. The number of rotatable bonds is 13. The number of alkyl carbamates (subject to hydrolysis) is 1. The van der Waals surface area contributed by atoms with Gasteiger partial charge in [-0.05, 0) is 47.5 Å². The molecular weight excluding hydrogens is 584 g/mol. The second-order valence-electron chi connectivity index (χ2n) is 9.24. The van der Waals surface area contributed by atoms with Crippen molar-refractivity contribution in [3.05, 3.63) is 83.9 Å². The maximum absolute atomic E-state index is 13.9. The number of hydroxylamine groups is 1. The van der Waals surface area contributed by atoms with Gasteiger partial charge in [0.05, 0.1) is 18.0 Å². The number of nitrogens with one attached hydrogen (secondary N) is 2. The van der Waals surface area contributed by atoms with Crippen molar-refractivity contribution in [2.24, 2.45) is 5.73 Å². The summed E-state index contributed by atoms with van der Waals surface area (Å²) < 4.78 is 49.3. The van der Waals surface area contributed by atoms with Crippen LogP contribution in [0.2, 0.25) is 0 Å². The lowest BCUT2D eigenvalue weighted by atomic mass is 10.0. The zero-order valence-electron chi connectivity index (χ0n) is 23.0. The number of fused-ring (bicyclic) bond motifs is 1. The van der Waals surface area contributed by atoms with Crippen LogP contribution in [0.25, 0.3) is 0 Å². The Morgan fingerprint density at radius 3 is 2.37 bits per heavy atom. The van der Waals surface area contributed by atoms with Crippen molar-refractivity contribution in [1.29, 1.82) is 0 Å². The van der Waals surface area contributed by atoms with Crippen LogP contribution in [0.4, 0.5) is 4.79 Å². The van der Waals surface area contributed by atoms with Crippen molar-refractivity contribution in [3.63, 3.8) is 0 Å². The van der Waals surface area contributed by atoms with Gasteiger partial charge in [0.25, 0.3) is 5.91 Å². The van der Waals surface area contributed by atoms with Gasteiger partial charge >= 0.3 is 6.09 Å². The quantitative estimate of drug-likeness (QED) is 0.123. The summed E-state index contributed by atoms with van der Waals surface area (Å²) in [4.78, 5) is 38.4. The first-order valence-electron chi connectivity index (χ1n) is 12.9. The van der Waals surface area contributed by atoms with Gasteiger partial charge in [0.15, 0.2) is 23.3 Å². The normalized spacial score (nSPS) is 13.6. The molecule has 4 rings (SSSR count). The molecule has 43 heavy (non-hydrogen) atoms. The molecule has 15 heteroatoms. The highest BCUT2D eigenvalue weighted by atomic mass is 32.2. The SMILES string of the molecule is COc1ccc(S(=O)(=O)N(Cc2ccc3c(c2)OCO3)[C@@H](C(=O)NO)C(=O)C(N)CNC(=O)OCc2ccccc2)cc1. The van der Waals surface area contributed by atoms with Gasteiger partial charge in [-0.1, -0.05) is 36.4 Å². The monoisotopic (exact) mass is 614 g/mol. The third-order valence-corrected chi connectivity index (χ3v) is 8.23. The van der Waals surface area contributed by atoms with Crippen molar-refractivity contribution < 1.29 is 47.0 Å². The minimum Gasteiger partial charge on any atom is -0.497 e. The lowest BCUT2D eigenvalue weighted by molar-refractivity contribution is -0.140. The van der Waals surface area contributed by atoms with Crippen molar-refractivity contribution >= 4 is 27.8 Å². The van der Waals surface area contributed by atoms with Crippen LogP contribution in [-0.4, -0.2) is 68.2 Å². The minimum atomic E-state index is -4.60. The van der Waals surface area contributed by atoms with E-state index in [4.69, 9.17) is 24.7 Å². The molecule has 14 nitrogen and oxygen atoms in total. The topological polar surface area (TPSA) is 196 Å². The molecule has 0 aliphatic carbocycles. The number of hydrogen-bond acceptors (Lipinski definition) is 11. The lowest BCUT2D eigenvalue weighted by Crippen LogP contribution is -2.58. The van der Waals surface area contributed by atoms with E-state index in [1.165, 1.54) is 49.0 Å². The molecule has 0 bridgehead atoms. The van der Waals surface area contributed by atoms with E-state index in [2.05, 4.69) is 5.32 Å². The van der Waals surface area contributed by atoms with E-state index in [1.54, 1.807) is 36.4 Å². The number of carbonyl (C=O) groups excluding carboxylic acids is 3. The fourth-order valence-electron chi connectivity index (χ4n) is 4.15. The van der Waals surface area contributed by atoms with Gasteiger partial charge in [0.1, 0.15) is 12.4 Å². The van der Waals surface area contributed by atoms with Crippen LogP contribution in [0.15, 0.2) is 77.7 Å². The summed E-state index contributed by atoms with van der Waals surface area (Å²) in [5.41, 5.74) is 8.45. The first kappa shape index (κ1) is 31.2. The molecule has 1 unspecified atom stereocenters. The Hall–Kier alpha value is -4.70.